The minimum atomic E-state index is 0.523. The van der Waals surface area contributed by atoms with Crippen LogP contribution in [0.3, 0.4) is 0 Å². The van der Waals surface area contributed by atoms with E-state index in [1.54, 1.807) is 0 Å². The average Bonchev–Trinajstić information content (AvgIpc) is 2.15. The maximum atomic E-state index is 8.99. The molecule has 14 heavy (non-hydrogen) atoms. The third-order valence-electron chi connectivity index (χ3n) is 3.70. The van der Waals surface area contributed by atoms with Crippen LogP contribution in [0.1, 0.15) is 33.1 Å². The van der Waals surface area contributed by atoms with E-state index < -0.39 is 0 Å². The Kier molecular flexibility index (Phi) is 2.77. The van der Waals surface area contributed by atoms with Gasteiger partial charge in [-0.15, -0.1) is 0 Å². The van der Waals surface area contributed by atoms with E-state index in [-0.39, 0.29) is 0 Å². The number of nitrogens with zero attached hydrogens (tertiary/aromatic N) is 2. The van der Waals surface area contributed by atoms with E-state index in [1.807, 2.05) is 0 Å². The summed E-state index contributed by atoms with van der Waals surface area (Å²) in [6.45, 7) is 6.68. The van der Waals surface area contributed by atoms with Gasteiger partial charge in [-0.25, -0.2) is 0 Å². The minimum absolute atomic E-state index is 0.523. The zero-order valence-corrected chi connectivity index (χ0v) is 9.11. The van der Waals surface area contributed by atoms with Gasteiger partial charge < -0.3 is 5.21 Å². The highest BCUT2D eigenvalue weighted by Crippen LogP contribution is 2.33. The number of piperidine rings is 1. The summed E-state index contributed by atoms with van der Waals surface area (Å²) in [5.41, 5.74) is 1.08. The van der Waals surface area contributed by atoms with Crippen LogP contribution in [0.25, 0.3) is 0 Å². The van der Waals surface area contributed by atoms with Gasteiger partial charge >= 0.3 is 0 Å². The molecule has 3 heteroatoms. The third kappa shape index (κ3) is 1.65. The second kappa shape index (κ2) is 3.89. The number of hydrogen-bond donors (Lipinski definition) is 1. The monoisotopic (exact) mass is 196 g/mol. The Balaban J connectivity index is 2.12. The van der Waals surface area contributed by atoms with Crippen molar-refractivity contribution >= 4 is 5.71 Å². The highest BCUT2D eigenvalue weighted by atomic mass is 16.4. The number of fused-ring (bicyclic) bond motifs is 2. The maximum absolute atomic E-state index is 8.99. The molecule has 2 fully saturated rings. The summed E-state index contributed by atoms with van der Waals surface area (Å²) in [6, 6.07) is 0.623. The molecule has 1 heterocycles. The molecule has 0 radical (unpaired) electrons. The smallest absolute Gasteiger partial charge is 0.0657 e. The fraction of sp³-hybridized carbons (Fsp3) is 0.909. The van der Waals surface area contributed by atoms with Crippen molar-refractivity contribution < 1.29 is 5.21 Å². The molecule has 80 valence electrons. The molecule has 1 N–H and O–H groups in total. The van der Waals surface area contributed by atoms with Crippen molar-refractivity contribution in [3.8, 4) is 0 Å². The molecular formula is C11H20N2O. The van der Waals surface area contributed by atoms with Gasteiger partial charge in [-0.3, -0.25) is 4.90 Å². The van der Waals surface area contributed by atoms with Crippen LogP contribution >= 0.6 is 0 Å². The highest BCUT2D eigenvalue weighted by molar-refractivity contribution is 5.90. The average molecular weight is 196 g/mol. The minimum Gasteiger partial charge on any atom is -0.411 e. The first kappa shape index (κ1) is 9.97. The van der Waals surface area contributed by atoms with Crippen LogP contribution in [0.4, 0.5) is 0 Å². The van der Waals surface area contributed by atoms with Gasteiger partial charge in [0.05, 0.1) is 5.71 Å². The molecule has 2 aliphatic rings. The molecule has 1 saturated carbocycles. The maximum Gasteiger partial charge on any atom is 0.0657 e. The van der Waals surface area contributed by atoms with Gasteiger partial charge in [0.1, 0.15) is 0 Å². The van der Waals surface area contributed by atoms with E-state index in [0.29, 0.717) is 17.9 Å². The topological polar surface area (TPSA) is 35.8 Å². The molecule has 2 unspecified atom stereocenters. The lowest BCUT2D eigenvalue weighted by Gasteiger charge is -2.43. The summed E-state index contributed by atoms with van der Waals surface area (Å²) in [6.07, 6.45) is 3.72. The van der Waals surface area contributed by atoms with E-state index in [4.69, 9.17) is 5.21 Å². The quantitative estimate of drug-likeness (QED) is 0.514. The summed E-state index contributed by atoms with van der Waals surface area (Å²) < 4.78 is 0. The standard InChI is InChI=1S/C11H20N2O/c1-8(2)13-6-9-4-3-5-10(7-13)11(9)12-14/h8-10,14H,3-7H2,1-2H3. The molecule has 2 atom stereocenters. The molecule has 0 aromatic carbocycles. The van der Waals surface area contributed by atoms with Gasteiger partial charge in [0.2, 0.25) is 0 Å². The van der Waals surface area contributed by atoms with Gasteiger partial charge in [0.15, 0.2) is 0 Å². The normalized spacial score (nSPS) is 33.5. The van der Waals surface area contributed by atoms with Crippen LogP contribution in [0.2, 0.25) is 0 Å². The second-order valence-corrected chi connectivity index (χ2v) is 4.90. The van der Waals surface area contributed by atoms with Crippen molar-refractivity contribution in [1.82, 2.24) is 4.90 Å². The summed E-state index contributed by atoms with van der Waals surface area (Å²) in [7, 11) is 0. The molecule has 0 aromatic rings. The van der Waals surface area contributed by atoms with Crippen LogP contribution in [-0.2, 0) is 0 Å². The van der Waals surface area contributed by atoms with Crippen molar-refractivity contribution in [2.24, 2.45) is 17.0 Å². The Hall–Kier alpha value is -0.570. The van der Waals surface area contributed by atoms with Crippen LogP contribution < -0.4 is 0 Å². The van der Waals surface area contributed by atoms with Crippen molar-refractivity contribution in [3.63, 3.8) is 0 Å². The Morgan fingerprint density at radius 2 is 1.86 bits per heavy atom. The van der Waals surface area contributed by atoms with Gasteiger partial charge in [0, 0.05) is 31.0 Å². The van der Waals surface area contributed by atoms with Crippen LogP contribution in [0, 0.1) is 11.8 Å². The van der Waals surface area contributed by atoms with Gasteiger partial charge in [-0.05, 0) is 26.7 Å². The Morgan fingerprint density at radius 3 is 2.29 bits per heavy atom. The van der Waals surface area contributed by atoms with E-state index in [1.165, 1.54) is 19.3 Å². The van der Waals surface area contributed by atoms with E-state index >= 15 is 0 Å². The van der Waals surface area contributed by atoms with Crippen LogP contribution in [0.5, 0.6) is 0 Å². The SMILES string of the molecule is CC(C)N1CC2CCCC(C1)C2=NO. The Morgan fingerprint density at radius 1 is 1.29 bits per heavy atom. The number of oxime groups is 1. The van der Waals surface area contributed by atoms with Crippen LogP contribution in [0.15, 0.2) is 5.16 Å². The summed E-state index contributed by atoms with van der Waals surface area (Å²) in [4.78, 5) is 2.52. The molecule has 2 bridgehead atoms. The molecule has 0 aromatic heterocycles. The molecule has 3 nitrogen and oxygen atoms in total. The zero-order valence-electron chi connectivity index (χ0n) is 9.11. The van der Waals surface area contributed by atoms with Gasteiger partial charge in [-0.1, -0.05) is 11.6 Å². The Bertz CT molecular complexity index is 221. The lowest BCUT2D eigenvalue weighted by Crippen LogP contribution is -2.51. The van der Waals surface area contributed by atoms with Crippen molar-refractivity contribution in [1.29, 1.82) is 0 Å². The summed E-state index contributed by atoms with van der Waals surface area (Å²) in [5, 5.41) is 12.5. The van der Waals surface area contributed by atoms with Gasteiger partial charge in [-0.2, -0.15) is 0 Å². The number of hydrogen-bond acceptors (Lipinski definition) is 3. The van der Waals surface area contributed by atoms with Crippen LogP contribution in [-0.4, -0.2) is 35.0 Å². The number of likely N-dealkylation sites (tertiary alicyclic amines) is 1. The van der Waals surface area contributed by atoms with Crippen molar-refractivity contribution in [2.75, 3.05) is 13.1 Å². The fourth-order valence-electron chi connectivity index (χ4n) is 2.84. The van der Waals surface area contributed by atoms with Gasteiger partial charge in [0.25, 0.3) is 0 Å². The fourth-order valence-corrected chi connectivity index (χ4v) is 2.84. The third-order valence-corrected chi connectivity index (χ3v) is 3.70. The highest BCUT2D eigenvalue weighted by Gasteiger charge is 2.37. The largest absolute Gasteiger partial charge is 0.411 e. The predicted molar refractivity (Wildman–Crippen MR) is 56.8 cm³/mol. The zero-order chi connectivity index (χ0) is 10.1. The number of rotatable bonds is 1. The predicted octanol–water partition coefficient (Wildman–Crippen LogP) is 1.96. The molecule has 1 aliphatic heterocycles. The lowest BCUT2D eigenvalue weighted by molar-refractivity contribution is 0.136. The molecule has 1 aliphatic carbocycles. The first-order chi connectivity index (χ1) is 6.72. The lowest BCUT2D eigenvalue weighted by atomic mass is 9.75. The second-order valence-electron chi connectivity index (χ2n) is 4.90. The first-order valence-corrected chi connectivity index (χ1v) is 5.68. The molecule has 0 amide bonds. The van der Waals surface area contributed by atoms with E-state index in [0.717, 1.165) is 18.8 Å². The molecule has 2 rings (SSSR count). The van der Waals surface area contributed by atoms with E-state index in [9.17, 15) is 0 Å². The Labute approximate surface area is 85.8 Å². The molecular weight excluding hydrogens is 176 g/mol. The summed E-state index contributed by atoms with van der Waals surface area (Å²) in [5.74, 6) is 1.05. The molecule has 0 spiro atoms. The van der Waals surface area contributed by atoms with E-state index in [2.05, 4.69) is 23.9 Å². The van der Waals surface area contributed by atoms with Crippen molar-refractivity contribution in [2.45, 2.75) is 39.2 Å². The first-order valence-electron chi connectivity index (χ1n) is 5.68. The molecule has 1 saturated heterocycles. The summed E-state index contributed by atoms with van der Waals surface area (Å²) >= 11 is 0. The van der Waals surface area contributed by atoms with Crippen molar-refractivity contribution in [3.05, 3.63) is 0 Å².